The van der Waals surface area contributed by atoms with Gasteiger partial charge in [0, 0.05) is 22.7 Å². The zero-order valence-electron chi connectivity index (χ0n) is 12.0. The van der Waals surface area contributed by atoms with E-state index in [0.717, 1.165) is 47.9 Å². The number of nitrogens with one attached hydrogen (secondary N) is 1. The predicted octanol–water partition coefficient (Wildman–Crippen LogP) is 4.57. The van der Waals surface area contributed by atoms with Crippen molar-refractivity contribution in [1.82, 2.24) is 9.97 Å². The highest BCUT2D eigenvalue weighted by Crippen LogP contribution is 2.28. The molecule has 3 nitrogen and oxygen atoms in total. The van der Waals surface area contributed by atoms with Crippen molar-refractivity contribution in [3.05, 3.63) is 41.2 Å². The van der Waals surface area contributed by atoms with Crippen LogP contribution >= 0.6 is 11.6 Å². The smallest absolute Gasteiger partial charge is 0.133 e. The monoisotopic (exact) mass is 289 g/mol. The van der Waals surface area contributed by atoms with Crippen molar-refractivity contribution in [2.24, 2.45) is 0 Å². The molecule has 0 unspecified atom stereocenters. The molecule has 0 fully saturated rings. The van der Waals surface area contributed by atoms with Gasteiger partial charge in [-0.3, -0.25) is 0 Å². The standard InChI is InChI=1S/C16H20ClN3/c1-3-6-14-15(12-7-5-8-13(17)10-12)19-11-20-16(14)18-9-4-2/h5,7-8,10-11H,3-4,6,9H2,1-2H3,(H,18,19,20). The maximum Gasteiger partial charge on any atom is 0.133 e. The maximum atomic E-state index is 6.09. The fourth-order valence-corrected chi connectivity index (χ4v) is 2.37. The third-order valence-corrected chi connectivity index (χ3v) is 3.32. The summed E-state index contributed by atoms with van der Waals surface area (Å²) in [7, 11) is 0. The van der Waals surface area contributed by atoms with E-state index < -0.39 is 0 Å². The highest BCUT2D eigenvalue weighted by molar-refractivity contribution is 6.30. The van der Waals surface area contributed by atoms with Crippen molar-refractivity contribution >= 4 is 17.4 Å². The van der Waals surface area contributed by atoms with Gasteiger partial charge in [0.15, 0.2) is 0 Å². The molecule has 0 atom stereocenters. The van der Waals surface area contributed by atoms with Crippen molar-refractivity contribution < 1.29 is 0 Å². The Balaban J connectivity index is 2.45. The zero-order valence-corrected chi connectivity index (χ0v) is 12.7. The molecular formula is C16H20ClN3. The Morgan fingerprint density at radius 1 is 1.15 bits per heavy atom. The van der Waals surface area contributed by atoms with Crippen LogP contribution in [0.1, 0.15) is 32.3 Å². The van der Waals surface area contributed by atoms with Crippen LogP contribution in [-0.4, -0.2) is 16.5 Å². The van der Waals surface area contributed by atoms with E-state index in [4.69, 9.17) is 11.6 Å². The summed E-state index contributed by atoms with van der Waals surface area (Å²) in [4.78, 5) is 8.86. The van der Waals surface area contributed by atoms with Gasteiger partial charge in [0.25, 0.3) is 0 Å². The van der Waals surface area contributed by atoms with E-state index in [1.165, 1.54) is 5.56 Å². The number of hydrogen-bond donors (Lipinski definition) is 1. The number of halogens is 1. The summed E-state index contributed by atoms with van der Waals surface area (Å²) >= 11 is 6.09. The van der Waals surface area contributed by atoms with Crippen LogP contribution in [0.4, 0.5) is 5.82 Å². The molecule has 2 rings (SSSR count). The predicted molar refractivity (Wildman–Crippen MR) is 85.3 cm³/mol. The van der Waals surface area contributed by atoms with Gasteiger partial charge in [-0.25, -0.2) is 9.97 Å². The molecule has 0 saturated carbocycles. The molecule has 1 N–H and O–H groups in total. The highest BCUT2D eigenvalue weighted by Gasteiger charge is 2.12. The molecular weight excluding hydrogens is 270 g/mol. The van der Waals surface area contributed by atoms with Crippen molar-refractivity contribution in [2.75, 3.05) is 11.9 Å². The van der Waals surface area contributed by atoms with Crippen LogP contribution in [0, 0.1) is 0 Å². The van der Waals surface area contributed by atoms with Crippen molar-refractivity contribution in [2.45, 2.75) is 33.1 Å². The molecule has 4 heteroatoms. The zero-order chi connectivity index (χ0) is 14.4. The van der Waals surface area contributed by atoms with E-state index in [-0.39, 0.29) is 0 Å². The van der Waals surface area contributed by atoms with Gasteiger partial charge in [-0.2, -0.15) is 0 Å². The van der Waals surface area contributed by atoms with E-state index in [0.29, 0.717) is 0 Å². The number of nitrogens with zero attached hydrogens (tertiary/aromatic N) is 2. The Morgan fingerprint density at radius 2 is 2.00 bits per heavy atom. The molecule has 1 heterocycles. The summed E-state index contributed by atoms with van der Waals surface area (Å²) in [6, 6.07) is 7.82. The first kappa shape index (κ1) is 14.8. The Labute approximate surface area is 125 Å². The molecule has 0 aliphatic rings. The second kappa shape index (κ2) is 7.25. The largest absolute Gasteiger partial charge is 0.370 e. The van der Waals surface area contributed by atoms with Gasteiger partial charge in [-0.1, -0.05) is 44.0 Å². The van der Waals surface area contributed by atoms with Crippen molar-refractivity contribution in [1.29, 1.82) is 0 Å². The SMILES string of the molecule is CCCNc1ncnc(-c2cccc(Cl)c2)c1CCC. The molecule has 0 saturated heterocycles. The van der Waals surface area contributed by atoms with Gasteiger partial charge < -0.3 is 5.32 Å². The minimum absolute atomic E-state index is 0.728. The molecule has 0 spiro atoms. The van der Waals surface area contributed by atoms with Crippen LogP contribution in [0.2, 0.25) is 5.02 Å². The van der Waals surface area contributed by atoms with Gasteiger partial charge in [-0.15, -0.1) is 0 Å². The summed E-state index contributed by atoms with van der Waals surface area (Å²) in [5.74, 6) is 0.943. The first-order valence-electron chi connectivity index (χ1n) is 7.10. The van der Waals surface area contributed by atoms with E-state index in [9.17, 15) is 0 Å². The molecule has 2 aromatic rings. The average molecular weight is 290 g/mol. The minimum atomic E-state index is 0.728. The summed E-state index contributed by atoms with van der Waals surface area (Å²) in [5, 5.41) is 4.12. The summed E-state index contributed by atoms with van der Waals surface area (Å²) in [5.41, 5.74) is 3.19. The average Bonchev–Trinajstić information content (AvgIpc) is 2.46. The molecule has 0 radical (unpaired) electrons. The fourth-order valence-electron chi connectivity index (χ4n) is 2.18. The molecule has 0 amide bonds. The van der Waals surface area contributed by atoms with Crippen LogP contribution < -0.4 is 5.32 Å². The number of rotatable bonds is 6. The first-order chi connectivity index (χ1) is 9.76. The second-order valence-corrected chi connectivity index (χ2v) is 5.17. The number of hydrogen-bond acceptors (Lipinski definition) is 3. The molecule has 0 aliphatic carbocycles. The Morgan fingerprint density at radius 3 is 2.70 bits per heavy atom. The lowest BCUT2D eigenvalue weighted by atomic mass is 10.0. The van der Waals surface area contributed by atoms with Gasteiger partial charge in [0.2, 0.25) is 0 Å². The van der Waals surface area contributed by atoms with E-state index >= 15 is 0 Å². The van der Waals surface area contributed by atoms with Crippen LogP contribution in [0.15, 0.2) is 30.6 Å². The lowest BCUT2D eigenvalue weighted by molar-refractivity contribution is 0.892. The maximum absolute atomic E-state index is 6.09. The highest BCUT2D eigenvalue weighted by atomic mass is 35.5. The van der Waals surface area contributed by atoms with Gasteiger partial charge in [0.05, 0.1) is 5.69 Å². The summed E-state index contributed by atoms with van der Waals surface area (Å²) in [6.45, 7) is 5.23. The Kier molecular flexibility index (Phi) is 5.36. The normalized spacial score (nSPS) is 10.6. The van der Waals surface area contributed by atoms with Crippen molar-refractivity contribution in [3.63, 3.8) is 0 Å². The Bertz CT molecular complexity index is 569. The molecule has 0 aliphatic heterocycles. The third-order valence-electron chi connectivity index (χ3n) is 3.09. The third kappa shape index (κ3) is 3.48. The van der Waals surface area contributed by atoms with E-state index in [1.54, 1.807) is 6.33 Å². The van der Waals surface area contributed by atoms with Crippen molar-refractivity contribution in [3.8, 4) is 11.3 Å². The molecule has 20 heavy (non-hydrogen) atoms. The molecule has 1 aromatic carbocycles. The summed E-state index contributed by atoms with van der Waals surface area (Å²) in [6.07, 6.45) is 4.70. The number of anilines is 1. The summed E-state index contributed by atoms with van der Waals surface area (Å²) < 4.78 is 0. The topological polar surface area (TPSA) is 37.8 Å². The number of aromatic nitrogens is 2. The van der Waals surface area contributed by atoms with Crippen LogP contribution in [-0.2, 0) is 6.42 Å². The first-order valence-corrected chi connectivity index (χ1v) is 7.47. The second-order valence-electron chi connectivity index (χ2n) is 4.74. The lowest BCUT2D eigenvalue weighted by Crippen LogP contribution is -2.07. The Hall–Kier alpha value is -1.61. The van der Waals surface area contributed by atoms with Crippen LogP contribution in [0.3, 0.4) is 0 Å². The van der Waals surface area contributed by atoms with Gasteiger partial charge >= 0.3 is 0 Å². The lowest BCUT2D eigenvalue weighted by Gasteiger charge is -2.14. The molecule has 106 valence electrons. The van der Waals surface area contributed by atoms with E-state index in [1.807, 2.05) is 24.3 Å². The molecule has 0 bridgehead atoms. The van der Waals surface area contributed by atoms with Gasteiger partial charge in [0.1, 0.15) is 12.1 Å². The number of benzene rings is 1. The van der Waals surface area contributed by atoms with E-state index in [2.05, 4.69) is 29.1 Å². The minimum Gasteiger partial charge on any atom is -0.370 e. The quantitative estimate of drug-likeness (QED) is 0.846. The molecule has 1 aromatic heterocycles. The van der Waals surface area contributed by atoms with Crippen LogP contribution in [0.5, 0.6) is 0 Å². The van der Waals surface area contributed by atoms with Crippen LogP contribution in [0.25, 0.3) is 11.3 Å². The van der Waals surface area contributed by atoms with Gasteiger partial charge in [-0.05, 0) is 25.0 Å². The fraction of sp³-hybridized carbons (Fsp3) is 0.375.